The molecule has 0 saturated carbocycles. The van der Waals surface area contributed by atoms with Crippen molar-refractivity contribution in [3.05, 3.63) is 40.6 Å². The summed E-state index contributed by atoms with van der Waals surface area (Å²) in [5.41, 5.74) is 6.93. The lowest BCUT2D eigenvalue weighted by molar-refractivity contribution is 0.467. The molecule has 19 heavy (non-hydrogen) atoms. The first kappa shape index (κ1) is 14.1. The highest BCUT2D eigenvalue weighted by molar-refractivity contribution is 9.10. The van der Waals surface area contributed by atoms with Crippen LogP contribution in [-0.2, 0) is 0 Å². The molecule has 2 N–H and O–H groups in total. The fourth-order valence-electron chi connectivity index (χ4n) is 1.76. The van der Waals surface area contributed by atoms with Gasteiger partial charge in [0.05, 0.1) is 12.4 Å². The number of rotatable bonds is 4. The molecule has 0 saturated heterocycles. The van der Waals surface area contributed by atoms with E-state index in [1.54, 1.807) is 6.20 Å². The van der Waals surface area contributed by atoms with E-state index in [9.17, 15) is 0 Å². The summed E-state index contributed by atoms with van der Waals surface area (Å²) in [6.07, 6.45) is 3.60. The molecular weight excluding hydrogens is 306 g/mol. The van der Waals surface area contributed by atoms with E-state index < -0.39 is 0 Å². The quantitative estimate of drug-likeness (QED) is 0.923. The minimum Gasteiger partial charge on any atom is -0.454 e. The van der Waals surface area contributed by atoms with Gasteiger partial charge < -0.3 is 10.5 Å². The Kier molecular flexibility index (Phi) is 4.27. The molecule has 2 rings (SSSR count). The van der Waals surface area contributed by atoms with Crippen LogP contribution in [0.5, 0.6) is 11.5 Å². The van der Waals surface area contributed by atoms with Crippen LogP contribution in [0.4, 0.5) is 0 Å². The second-order valence-electron chi connectivity index (χ2n) is 4.82. The van der Waals surface area contributed by atoms with Gasteiger partial charge in [0.25, 0.3) is 0 Å². The van der Waals surface area contributed by atoms with Crippen LogP contribution in [0.3, 0.4) is 0 Å². The highest BCUT2D eigenvalue weighted by Crippen LogP contribution is 2.31. The zero-order valence-electron chi connectivity index (χ0n) is 11.3. The maximum atomic E-state index is 5.96. The van der Waals surface area contributed by atoms with Crippen molar-refractivity contribution in [3.8, 4) is 11.5 Å². The van der Waals surface area contributed by atoms with Gasteiger partial charge >= 0.3 is 0 Å². The zero-order valence-corrected chi connectivity index (χ0v) is 12.9. The van der Waals surface area contributed by atoms with Crippen LogP contribution in [-0.4, -0.2) is 9.78 Å². The average molecular weight is 324 g/mol. The third-order valence-corrected chi connectivity index (χ3v) is 3.29. The number of ether oxygens (including phenoxy) is 1. The van der Waals surface area contributed by atoms with Gasteiger partial charge in [0.2, 0.25) is 0 Å². The number of aromatic nitrogens is 2. The van der Waals surface area contributed by atoms with E-state index >= 15 is 0 Å². The molecule has 102 valence electrons. The van der Waals surface area contributed by atoms with Crippen LogP contribution < -0.4 is 10.5 Å². The van der Waals surface area contributed by atoms with Crippen molar-refractivity contribution in [1.29, 1.82) is 0 Å². The minimum absolute atomic E-state index is 0.0803. The number of benzene rings is 1. The van der Waals surface area contributed by atoms with Crippen LogP contribution >= 0.6 is 15.9 Å². The Balaban J connectivity index is 2.28. The van der Waals surface area contributed by atoms with Gasteiger partial charge in [-0.15, -0.1) is 0 Å². The molecule has 0 fully saturated rings. The summed E-state index contributed by atoms with van der Waals surface area (Å²) in [6, 6.07) is 6.09. The summed E-state index contributed by atoms with van der Waals surface area (Å²) >= 11 is 3.45. The first-order chi connectivity index (χ1) is 8.97. The van der Waals surface area contributed by atoms with E-state index in [0.29, 0.717) is 11.8 Å². The van der Waals surface area contributed by atoms with Gasteiger partial charge in [0.15, 0.2) is 5.75 Å². The SMILES string of the molecule is CC(N)c1ccc(Br)cc1Oc1cnn(C(C)C)c1. The highest BCUT2D eigenvalue weighted by atomic mass is 79.9. The minimum atomic E-state index is -0.0803. The number of nitrogens with two attached hydrogens (primary N) is 1. The molecule has 4 nitrogen and oxygen atoms in total. The smallest absolute Gasteiger partial charge is 0.165 e. The van der Waals surface area contributed by atoms with E-state index in [1.807, 2.05) is 36.0 Å². The Bertz CT molecular complexity index is 564. The molecule has 1 atom stereocenters. The standard InChI is InChI=1S/C14H18BrN3O/c1-9(2)18-8-12(7-17-18)19-14-6-11(15)4-5-13(14)10(3)16/h4-10H,16H2,1-3H3. The highest BCUT2D eigenvalue weighted by Gasteiger charge is 2.11. The summed E-state index contributed by atoms with van der Waals surface area (Å²) in [5, 5.41) is 4.26. The first-order valence-corrected chi connectivity index (χ1v) is 7.03. The molecule has 0 amide bonds. The molecule has 1 aromatic carbocycles. The van der Waals surface area contributed by atoms with E-state index in [0.717, 1.165) is 15.8 Å². The van der Waals surface area contributed by atoms with Crippen LogP contribution in [0.25, 0.3) is 0 Å². The third-order valence-electron chi connectivity index (χ3n) is 2.80. The van der Waals surface area contributed by atoms with Crippen LogP contribution in [0.2, 0.25) is 0 Å². The topological polar surface area (TPSA) is 53.1 Å². The predicted octanol–water partition coefficient (Wildman–Crippen LogP) is 4.04. The van der Waals surface area contributed by atoms with Crippen molar-refractivity contribution < 1.29 is 4.74 Å². The van der Waals surface area contributed by atoms with Crippen molar-refractivity contribution in [2.24, 2.45) is 5.73 Å². The first-order valence-electron chi connectivity index (χ1n) is 6.24. The van der Waals surface area contributed by atoms with Crippen molar-refractivity contribution in [2.75, 3.05) is 0 Å². The summed E-state index contributed by atoms with van der Waals surface area (Å²) in [4.78, 5) is 0. The Hall–Kier alpha value is -1.33. The summed E-state index contributed by atoms with van der Waals surface area (Å²) in [5.74, 6) is 1.47. The molecular formula is C14H18BrN3O. The van der Waals surface area contributed by atoms with Gasteiger partial charge in [-0.2, -0.15) is 5.10 Å². The van der Waals surface area contributed by atoms with E-state index in [2.05, 4.69) is 34.9 Å². The van der Waals surface area contributed by atoms with E-state index in [-0.39, 0.29) is 6.04 Å². The Morgan fingerprint density at radius 1 is 1.32 bits per heavy atom. The molecule has 2 aromatic rings. The normalized spacial score (nSPS) is 12.7. The Morgan fingerprint density at radius 2 is 2.05 bits per heavy atom. The number of hydrogen-bond donors (Lipinski definition) is 1. The molecule has 0 aliphatic carbocycles. The van der Waals surface area contributed by atoms with Gasteiger partial charge in [0, 0.05) is 22.1 Å². The number of hydrogen-bond acceptors (Lipinski definition) is 3. The number of halogens is 1. The summed E-state index contributed by atoms with van der Waals surface area (Å²) < 4.78 is 8.71. The van der Waals surface area contributed by atoms with Crippen LogP contribution in [0.15, 0.2) is 35.1 Å². The fourth-order valence-corrected chi connectivity index (χ4v) is 2.10. The van der Waals surface area contributed by atoms with Gasteiger partial charge in [-0.25, -0.2) is 0 Å². The molecule has 0 aliphatic rings. The van der Waals surface area contributed by atoms with Gasteiger partial charge in [-0.05, 0) is 32.9 Å². The van der Waals surface area contributed by atoms with Crippen molar-refractivity contribution >= 4 is 15.9 Å². The third kappa shape index (κ3) is 3.36. The molecule has 0 bridgehead atoms. The lowest BCUT2D eigenvalue weighted by Gasteiger charge is -2.13. The molecule has 0 radical (unpaired) electrons. The van der Waals surface area contributed by atoms with Crippen LogP contribution in [0, 0.1) is 0 Å². The lowest BCUT2D eigenvalue weighted by Crippen LogP contribution is -2.06. The Labute approximate surface area is 121 Å². The van der Waals surface area contributed by atoms with E-state index in [1.165, 1.54) is 0 Å². The monoisotopic (exact) mass is 323 g/mol. The maximum absolute atomic E-state index is 5.96. The molecule has 5 heteroatoms. The number of nitrogens with zero attached hydrogens (tertiary/aromatic N) is 2. The summed E-state index contributed by atoms with van der Waals surface area (Å²) in [6.45, 7) is 6.08. The molecule has 1 aromatic heterocycles. The van der Waals surface area contributed by atoms with Crippen molar-refractivity contribution in [1.82, 2.24) is 9.78 Å². The van der Waals surface area contributed by atoms with Crippen molar-refractivity contribution in [2.45, 2.75) is 32.9 Å². The average Bonchev–Trinajstić information content (AvgIpc) is 2.77. The van der Waals surface area contributed by atoms with E-state index in [4.69, 9.17) is 10.5 Å². The van der Waals surface area contributed by atoms with Crippen molar-refractivity contribution in [3.63, 3.8) is 0 Å². The maximum Gasteiger partial charge on any atom is 0.165 e. The second kappa shape index (κ2) is 5.75. The zero-order chi connectivity index (χ0) is 14.0. The van der Waals surface area contributed by atoms with Crippen LogP contribution in [0.1, 0.15) is 38.4 Å². The molecule has 1 unspecified atom stereocenters. The second-order valence-corrected chi connectivity index (χ2v) is 5.74. The largest absolute Gasteiger partial charge is 0.454 e. The molecule has 1 heterocycles. The van der Waals surface area contributed by atoms with Gasteiger partial charge in [-0.3, -0.25) is 4.68 Å². The predicted molar refractivity (Wildman–Crippen MR) is 79.4 cm³/mol. The lowest BCUT2D eigenvalue weighted by atomic mass is 10.1. The van der Waals surface area contributed by atoms with Gasteiger partial charge in [-0.1, -0.05) is 22.0 Å². The molecule has 0 spiro atoms. The van der Waals surface area contributed by atoms with Gasteiger partial charge in [0.1, 0.15) is 5.75 Å². The molecule has 0 aliphatic heterocycles. The fraction of sp³-hybridized carbons (Fsp3) is 0.357. The summed E-state index contributed by atoms with van der Waals surface area (Å²) in [7, 11) is 0. The Morgan fingerprint density at radius 3 is 2.63 bits per heavy atom.